The standard InChI is InChI=1S/C19H28F2N4O/c1-6-22-18(25(5)11-16(26)24-19(2,3)4)23-15-10-12(15)17-13(20)8-7-9-14(17)21/h7-9,12,15H,6,10-11H2,1-5H3,(H,22,23)(H,24,26). The Balaban J connectivity index is 1.99. The van der Waals surface area contributed by atoms with Crippen molar-refractivity contribution in [2.75, 3.05) is 20.1 Å². The average molecular weight is 366 g/mol. The zero-order chi connectivity index (χ0) is 19.5. The van der Waals surface area contributed by atoms with Crippen molar-refractivity contribution >= 4 is 11.9 Å². The van der Waals surface area contributed by atoms with E-state index < -0.39 is 11.6 Å². The number of rotatable bonds is 5. The summed E-state index contributed by atoms with van der Waals surface area (Å²) in [6.07, 6.45) is 0.628. The smallest absolute Gasteiger partial charge is 0.240 e. The molecule has 1 aliphatic carbocycles. The van der Waals surface area contributed by atoms with Crippen molar-refractivity contribution in [2.45, 2.75) is 51.6 Å². The number of halogens is 2. The van der Waals surface area contributed by atoms with Crippen molar-refractivity contribution in [3.8, 4) is 0 Å². The van der Waals surface area contributed by atoms with Gasteiger partial charge < -0.3 is 15.5 Å². The summed E-state index contributed by atoms with van der Waals surface area (Å²) in [6, 6.07) is 3.82. The highest BCUT2D eigenvalue weighted by Gasteiger charge is 2.42. The molecular formula is C19H28F2N4O. The van der Waals surface area contributed by atoms with Gasteiger partial charge in [-0.2, -0.15) is 0 Å². The number of likely N-dealkylation sites (N-methyl/N-ethyl adjacent to an activating group) is 1. The molecule has 26 heavy (non-hydrogen) atoms. The van der Waals surface area contributed by atoms with Crippen molar-refractivity contribution < 1.29 is 13.6 Å². The van der Waals surface area contributed by atoms with E-state index in [1.807, 2.05) is 27.7 Å². The predicted octanol–water partition coefficient (Wildman–Crippen LogP) is 2.63. The van der Waals surface area contributed by atoms with Gasteiger partial charge >= 0.3 is 0 Å². The molecule has 1 fully saturated rings. The molecule has 0 radical (unpaired) electrons. The highest BCUT2D eigenvalue weighted by molar-refractivity contribution is 5.87. The summed E-state index contributed by atoms with van der Waals surface area (Å²) >= 11 is 0. The van der Waals surface area contributed by atoms with Crippen LogP contribution in [0.2, 0.25) is 0 Å². The minimum absolute atomic E-state index is 0.0974. The Morgan fingerprint density at radius 2 is 1.92 bits per heavy atom. The van der Waals surface area contributed by atoms with Crippen LogP contribution in [0.5, 0.6) is 0 Å². The third-order valence-corrected chi connectivity index (χ3v) is 4.04. The zero-order valence-electron chi connectivity index (χ0n) is 16.1. The molecule has 0 saturated heterocycles. The van der Waals surface area contributed by atoms with Crippen LogP contribution in [0.1, 0.15) is 45.6 Å². The van der Waals surface area contributed by atoms with Gasteiger partial charge in [-0.05, 0) is 46.2 Å². The van der Waals surface area contributed by atoms with Gasteiger partial charge in [-0.15, -0.1) is 0 Å². The molecule has 144 valence electrons. The molecule has 7 heteroatoms. The lowest BCUT2D eigenvalue weighted by Crippen LogP contribution is -2.49. The number of carbonyl (C=O) groups excluding carboxylic acids is 1. The highest BCUT2D eigenvalue weighted by Crippen LogP contribution is 2.43. The minimum Gasteiger partial charge on any atom is -0.353 e. The van der Waals surface area contributed by atoms with E-state index >= 15 is 0 Å². The van der Waals surface area contributed by atoms with Gasteiger partial charge in [0.05, 0.1) is 6.54 Å². The Bertz CT molecular complexity index is 664. The van der Waals surface area contributed by atoms with Crippen LogP contribution in [0.25, 0.3) is 0 Å². The molecule has 2 rings (SSSR count). The van der Waals surface area contributed by atoms with Crippen LogP contribution < -0.4 is 10.6 Å². The number of carbonyl (C=O) groups is 1. The summed E-state index contributed by atoms with van der Waals surface area (Å²) in [5, 5.41) is 6.13. The Morgan fingerprint density at radius 3 is 2.46 bits per heavy atom. The van der Waals surface area contributed by atoms with Crippen LogP contribution >= 0.6 is 0 Å². The Hall–Kier alpha value is -2.18. The number of amides is 1. The first kappa shape index (κ1) is 20.1. The van der Waals surface area contributed by atoms with Gasteiger partial charge in [-0.1, -0.05) is 6.07 Å². The van der Waals surface area contributed by atoms with Gasteiger partial charge in [0.2, 0.25) is 5.91 Å². The summed E-state index contributed by atoms with van der Waals surface area (Å²) in [5.41, 5.74) is -0.189. The fourth-order valence-corrected chi connectivity index (χ4v) is 2.88. The summed E-state index contributed by atoms with van der Waals surface area (Å²) < 4.78 is 27.9. The number of hydrogen-bond donors (Lipinski definition) is 2. The Kier molecular flexibility index (Phi) is 6.21. The molecule has 1 aromatic carbocycles. The van der Waals surface area contributed by atoms with Crippen molar-refractivity contribution in [2.24, 2.45) is 4.99 Å². The van der Waals surface area contributed by atoms with Crippen molar-refractivity contribution in [1.82, 2.24) is 15.5 Å². The SMILES string of the molecule is CCN=C(NC1CC1c1c(F)cccc1F)N(C)CC(=O)NC(C)(C)C. The van der Waals surface area contributed by atoms with E-state index in [0.717, 1.165) is 0 Å². The largest absolute Gasteiger partial charge is 0.353 e. The summed E-state index contributed by atoms with van der Waals surface area (Å²) in [6.45, 7) is 8.34. The van der Waals surface area contributed by atoms with Crippen LogP contribution in [0.3, 0.4) is 0 Å². The fourth-order valence-electron chi connectivity index (χ4n) is 2.88. The third-order valence-electron chi connectivity index (χ3n) is 4.04. The molecule has 5 nitrogen and oxygen atoms in total. The maximum absolute atomic E-state index is 13.9. The van der Waals surface area contributed by atoms with E-state index in [9.17, 15) is 13.6 Å². The van der Waals surface area contributed by atoms with Crippen LogP contribution in [-0.4, -0.2) is 48.5 Å². The second-order valence-electron chi connectivity index (χ2n) is 7.68. The molecule has 2 unspecified atom stereocenters. The summed E-state index contributed by atoms with van der Waals surface area (Å²) in [7, 11) is 1.77. The van der Waals surface area contributed by atoms with E-state index in [0.29, 0.717) is 18.9 Å². The molecule has 0 bridgehead atoms. The van der Waals surface area contributed by atoms with Gasteiger partial charge in [0.15, 0.2) is 5.96 Å². The van der Waals surface area contributed by atoms with E-state index in [2.05, 4.69) is 15.6 Å². The normalized spacial score (nSPS) is 19.9. The number of nitrogens with one attached hydrogen (secondary N) is 2. The second-order valence-corrected chi connectivity index (χ2v) is 7.68. The molecule has 0 spiro atoms. The van der Waals surface area contributed by atoms with Gasteiger partial charge in [0, 0.05) is 36.7 Å². The Morgan fingerprint density at radius 1 is 1.31 bits per heavy atom. The van der Waals surface area contributed by atoms with Crippen molar-refractivity contribution in [3.63, 3.8) is 0 Å². The first-order valence-corrected chi connectivity index (χ1v) is 8.89. The van der Waals surface area contributed by atoms with Crippen molar-refractivity contribution in [3.05, 3.63) is 35.4 Å². The maximum Gasteiger partial charge on any atom is 0.240 e. The van der Waals surface area contributed by atoms with E-state index in [1.165, 1.54) is 18.2 Å². The Labute approximate surface area is 153 Å². The molecule has 1 aliphatic rings. The molecule has 1 aromatic rings. The average Bonchev–Trinajstić information content (AvgIpc) is 3.23. The first-order valence-electron chi connectivity index (χ1n) is 8.89. The highest BCUT2D eigenvalue weighted by atomic mass is 19.1. The molecule has 0 aliphatic heterocycles. The quantitative estimate of drug-likeness (QED) is 0.622. The zero-order valence-corrected chi connectivity index (χ0v) is 16.1. The predicted molar refractivity (Wildman–Crippen MR) is 99.1 cm³/mol. The van der Waals surface area contributed by atoms with Gasteiger partial charge in [-0.25, -0.2) is 8.78 Å². The number of aliphatic imine (C=N–C) groups is 1. The number of hydrogen-bond acceptors (Lipinski definition) is 2. The topological polar surface area (TPSA) is 56.7 Å². The van der Waals surface area contributed by atoms with Gasteiger partial charge in [0.25, 0.3) is 0 Å². The number of benzene rings is 1. The third kappa shape index (κ3) is 5.41. The molecule has 0 heterocycles. The van der Waals surface area contributed by atoms with Crippen LogP contribution in [-0.2, 0) is 4.79 Å². The molecule has 0 aromatic heterocycles. The van der Waals surface area contributed by atoms with E-state index in [4.69, 9.17) is 0 Å². The summed E-state index contributed by atoms with van der Waals surface area (Å²) in [5.74, 6) is -0.827. The minimum atomic E-state index is -0.522. The molecule has 1 amide bonds. The van der Waals surface area contributed by atoms with Crippen LogP contribution in [0.15, 0.2) is 23.2 Å². The first-order chi connectivity index (χ1) is 12.1. The lowest BCUT2D eigenvalue weighted by Gasteiger charge is -2.25. The number of guanidine groups is 1. The molecular weight excluding hydrogens is 338 g/mol. The monoisotopic (exact) mass is 366 g/mol. The lowest BCUT2D eigenvalue weighted by atomic mass is 10.1. The van der Waals surface area contributed by atoms with Crippen LogP contribution in [0.4, 0.5) is 8.78 Å². The molecule has 2 atom stereocenters. The van der Waals surface area contributed by atoms with Crippen molar-refractivity contribution in [1.29, 1.82) is 0 Å². The summed E-state index contributed by atoms with van der Waals surface area (Å²) in [4.78, 5) is 18.2. The van der Waals surface area contributed by atoms with Gasteiger partial charge in [0.1, 0.15) is 11.6 Å². The molecule has 2 N–H and O–H groups in total. The maximum atomic E-state index is 13.9. The fraction of sp³-hybridized carbons (Fsp3) is 0.579. The number of nitrogens with zero attached hydrogens (tertiary/aromatic N) is 2. The van der Waals surface area contributed by atoms with Gasteiger partial charge in [-0.3, -0.25) is 9.79 Å². The second kappa shape index (κ2) is 8.01. The lowest BCUT2D eigenvalue weighted by molar-refractivity contribution is -0.122. The van der Waals surface area contributed by atoms with E-state index in [1.54, 1.807) is 11.9 Å². The van der Waals surface area contributed by atoms with Crippen LogP contribution in [0, 0.1) is 11.6 Å². The van der Waals surface area contributed by atoms with E-state index in [-0.39, 0.29) is 35.5 Å². The molecule has 1 saturated carbocycles.